The van der Waals surface area contributed by atoms with E-state index in [0.717, 1.165) is 17.8 Å². The highest BCUT2D eigenvalue weighted by atomic mass is 35.5. The lowest BCUT2D eigenvalue weighted by atomic mass is 10.2. The van der Waals surface area contributed by atoms with Gasteiger partial charge >= 0.3 is 0 Å². The van der Waals surface area contributed by atoms with Gasteiger partial charge in [0.05, 0.1) is 30.4 Å². The highest BCUT2D eigenvalue weighted by Crippen LogP contribution is 2.28. The van der Waals surface area contributed by atoms with Gasteiger partial charge in [-0.25, -0.2) is 4.98 Å². The van der Waals surface area contributed by atoms with E-state index in [1.54, 1.807) is 19.6 Å². The molecule has 4 nitrogen and oxygen atoms in total. The number of ether oxygens (including phenoxy) is 1. The first kappa shape index (κ1) is 12.9. The second-order valence-corrected chi connectivity index (χ2v) is 4.43. The summed E-state index contributed by atoms with van der Waals surface area (Å²) in [4.78, 5) is 4.15. The third kappa shape index (κ3) is 2.35. The van der Waals surface area contributed by atoms with Gasteiger partial charge < -0.3 is 15.0 Å². The highest BCUT2D eigenvalue weighted by molar-refractivity contribution is 6.32. The second-order valence-electron chi connectivity index (χ2n) is 4.02. The molecule has 1 atom stereocenters. The Morgan fingerprint density at radius 1 is 1.50 bits per heavy atom. The summed E-state index contributed by atoms with van der Waals surface area (Å²) < 4.78 is 7.08. The van der Waals surface area contributed by atoms with E-state index in [0.29, 0.717) is 10.8 Å². The number of nitrogens with two attached hydrogens (primary N) is 1. The van der Waals surface area contributed by atoms with E-state index in [1.807, 2.05) is 29.7 Å². The molecular formula is C13H16ClN3O. The number of aromatic nitrogens is 2. The lowest BCUT2D eigenvalue weighted by Gasteiger charge is -2.14. The van der Waals surface area contributed by atoms with Crippen LogP contribution in [0.1, 0.15) is 25.1 Å². The molecule has 0 fully saturated rings. The molecule has 0 saturated heterocycles. The number of halogens is 1. The molecule has 1 aromatic heterocycles. The van der Waals surface area contributed by atoms with Crippen molar-refractivity contribution in [1.29, 1.82) is 0 Å². The van der Waals surface area contributed by atoms with Crippen LogP contribution >= 0.6 is 11.6 Å². The number of methoxy groups -OCH3 is 1. The fourth-order valence-corrected chi connectivity index (χ4v) is 2.06. The Morgan fingerprint density at radius 2 is 2.28 bits per heavy atom. The molecule has 1 heterocycles. The van der Waals surface area contributed by atoms with Gasteiger partial charge in [-0.3, -0.25) is 0 Å². The van der Waals surface area contributed by atoms with Gasteiger partial charge in [0.15, 0.2) is 0 Å². The van der Waals surface area contributed by atoms with Crippen LogP contribution in [0.3, 0.4) is 0 Å². The van der Waals surface area contributed by atoms with Crippen molar-refractivity contribution in [3.8, 4) is 11.4 Å². The SMILES string of the molecule is CC[C@@H](N)c1cncn1-c1ccc(OC)c(Cl)c1. The summed E-state index contributed by atoms with van der Waals surface area (Å²) >= 11 is 6.12. The zero-order chi connectivity index (χ0) is 13.1. The third-order valence-corrected chi connectivity index (χ3v) is 3.20. The minimum absolute atomic E-state index is 0.0339. The Bertz CT molecular complexity index is 539. The molecule has 0 aliphatic heterocycles. The molecule has 5 heteroatoms. The fourth-order valence-electron chi connectivity index (χ4n) is 1.81. The monoisotopic (exact) mass is 265 g/mol. The maximum Gasteiger partial charge on any atom is 0.137 e. The smallest absolute Gasteiger partial charge is 0.137 e. The van der Waals surface area contributed by atoms with Crippen LogP contribution in [0.15, 0.2) is 30.7 Å². The largest absolute Gasteiger partial charge is 0.495 e. The van der Waals surface area contributed by atoms with Gasteiger partial charge in [-0.2, -0.15) is 0 Å². The number of hydrogen-bond donors (Lipinski definition) is 1. The maximum atomic E-state index is 6.12. The Hall–Kier alpha value is -1.52. The Balaban J connectivity index is 2.43. The lowest BCUT2D eigenvalue weighted by Crippen LogP contribution is -2.13. The first-order valence-corrected chi connectivity index (χ1v) is 6.17. The van der Waals surface area contributed by atoms with Gasteiger partial charge in [0.1, 0.15) is 5.75 Å². The molecule has 0 spiro atoms. The molecular weight excluding hydrogens is 250 g/mol. The molecule has 96 valence electrons. The second kappa shape index (κ2) is 5.42. The van der Waals surface area contributed by atoms with E-state index < -0.39 is 0 Å². The van der Waals surface area contributed by atoms with Gasteiger partial charge in [0.2, 0.25) is 0 Å². The predicted octanol–water partition coefficient (Wildman–Crippen LogP) is 2.94. The van der Waals surface area contributed by atoms with Gasteiger partial charge in [-0.05, 0) is 24.6 Å². The molecule has 2 N–H and O–H groups in total. The van der Waals surface area contributed by atoms with Crippen molar-refractivity contribution in [1.82, 2.24) is 9.55 Å². The van der Waals surface area contributed by atoms with E-state index in [9.17, 15) is 0 Å². The van der Waals surface area contributed by atoms with Crippen LogP contribution in [-0.4, -0.2) is 16.7 Å². The molecule has 0 saturated carbocycles. The van der Waals surface area contributed by atoms with E-state index >= 15 is 0 Å². The molecule has 2 rings (SSSR count). The van der Waals surface area contributed by atoms with Crippen molar-refractivity contribution < 1.29 is 4.74 Å². The first-order valence-electron chi connectivity index (χ1n) is 5.79. The highest BCUT2D eigenvalue weighted by Gasteiger charge is 2.12. The van der Waals surface area contributed by atoms with Gasteiger partial charge in [0.25, 0.3) is 0 Å². The third-order valence-electron chi connectivity index (χ3n) is 2.90. The van der Waals surface area contributed by atoms with Crippen LogP contribution in [-0.2, 0) is 0 Å². The minimum Gasteiger partial charge on any atom is -0.495 e. The van der Waals surface area contributed by atoms with Gasteiger partial charge in [-0.1, -0.05) is 18.5 Å². The van der Waals surface area contributed by atoms with Crippen LogP contribution in [0, 0.1) is 0 Å². The number of benzene rings is 1. The Morgan fingerprint density at radius 3 is 2.89 bits per heavy atom. The number of hydrogen-bond acceptors (Lipinski definition) is 3. The van der Waals surface area contributed by atoms with E-state index in [2.05, 4.69) is 4.98 Å². The summed E-state index contributed by atoms with van der Waals surface area (Å²) in [5.74, 6) is 0.655. The zero-order valence-corrected chi connectivity index (χ0v) is 11.2. The zero-order valence-electron chi connectivity index (χ0n) is 10.4. The molecule has 2 aromatic rings. The topological polar surface area (TPSA) is 53.1 Å². The quantitative estimate of drug-likeness (QED) is 0.925. The predicted molar refractivity (Wildman–Crippen MR) is 72.3 cm³/mol. The summed E-state index contributed by atoms with van der Waals surface area (Å²) in [6.07, 6.45) is 4.38. The van der Waals surface area contributed by atoms with Crippen molar-refractivity contribution in [2.24, 2.45) is 5.73 Å². The normalized spacial score (nSPS) is 12.4. The first-order chi connectivity index (χ1) is 8.67. The van der Waals surface area contributed by atoms with Crippen LogP contribution in [0.2, 0.25) is 5.02 Å². The molecule has 0 amide bonds. The molecule has 0 aliphatic rings. The van der Waals surface area contributed by atoms with E-state index in [-0.39, 0.29) is 6.04 Å². The number of imidazole rings is 1. The van der Waals surface area contributed by atoms with Crippen molar-refractivity contribution in [3.05, 3.63) is 41.4 Å². The number of nitrogens with zero attached hydrogens (tertiary/aromatic N) is 2. The Kier molecular flexibility index (Phi) is 3.89. The molecule has 1 aromatic carbocycles. The van der Waals surface area contributed by atoms with Crippen LogP contribution in [0.5, 0.6) is 5.75 Å². The summed E-state index contributed by atoms with van der Waals surface area (Å²) in [5.41, 5.74) is 7.95. The fraction of sp³-hybridized carbons (Fsp3) is 0.308. The molecule has 0 radical (unpaired) electrons. The van der Waals surface area contributed by atoms with Gasteiger partial charge in [0, 0.05) is 11.7 Å². The lowest BCUT2D eigenvalue weighted by molar-refractivity contribution is 0.415. The minimum atomic E-state index is -0.0339. The van der Waals surface area contributed by atoms with E-state index in [4.69, 9.17) is 22.1 Å². The maximum absolute atomic E-state index is 6.12. The number of rotatable bonds is 4. The van der Waals surface area contributed by atoms with Crippen LogP contribution < -0.4 is 10.5 Å². The molecule has 0 bridgehead atoms. The molecule has 0 unspecified atom stereocenters. The summed E-state index contributed by atoms with van der Waals surface area (Å²) in [6, 6.07) is 5.57. The van der Waals surface area contributed by atoms with Crippen molar-refractivity contribution in [2.75, 3.05) is 7.11 Å². The van der Waals surface area contributed by atoms with Crippen molar-refractivity contribution in [2.45, 2.75) is 19.4 Å². The van der Waals surface area contributed by atoms with Crippen LogP contribution in [0.25, 0.3) is 5.69 Å². The standard InChI is InChI=1S/C13H16ClN3O/c1-3-11(15)12-7-16-8-17(12)9-4-5-13(18-2)10(14)6-9/h4-8,11H,3,15H2,1-2H3/t11-/m1/s1. The summed E-state index contributed by atoms with van der Waals surface area (Å²) in [7, 11) is 1.59. The van der Waals surface area contributed by atoms with E-state index in [1.165, 1.54) is 0 Å². The van der Waals surface area contributed by atoms with Crippen molar-refractivity contribution in [3.63, 3.8) is 0 Å². The molecule has 0 aliphatic carbocycles. The summed E-state index contributed by atoms with van der Waals surface area (Å²) in [6.45, 7) is 2.04. The summed E-state index contributed by atoms with van der Waals surface area (Å²) in [5, 5.41) is 0.569. The molecule has 18 heavy (non-hydrogen) atoms. The van der Waals surface area contributed by atoms with Gasteiger partial charge in [-0.15, -0.1) is 0 Å². The van der Waals surface area contributed by atoms with Crippen LogP contribution in [0.4, 0.5) is 0 Å². The Labute approximate surface area is 111 Å². The van der Waals surface area contributed by atoms with Crippen molar-refractivity contribution >= 4 is 11.6 Å². The average Bonchev–Trinajstić information content (AvgIpc) is 2.86. The average molecular weight is 266 g/mol.